The normalized spacial score (nSPS) is 32.8. The molecule has 0 radical (unpaired) electrons. The fraction of sp³-hybridized carbons (Fsp3) is 0.333. The third kappa shape index (κ3) is 3.78. The lowest BCUT2D eigenvalue weighted by Crippen LogP contribution is -2.11. The van der Waals surface area contributed by atoms with E-state index in [9.17, 15) is 0 Å². The van der Waals surface area contributed by atoms with E-state index in [1.165, 1.54) is 5.30 Å². The van der Waals surface area contributed by atoms with E-state index in [2.05, 4.69) is 30.4 Å². The molecule has 1 aromatic rings. The van der Waals surface area contributed by atoms with Crippen LogP contribution in [0.2, 0.25) is 0 Å². The molecule has 1 fully saturated rings. The zero-order valence-electron chi connectivity index (χ0n) is 12.9. The van der Waals surface area contributed by atoms with Gasteiger partial charge in [-0.2, -0.15) is 0 Å². The second kappa shape index (κ2) is 7.27. The van der Waals surface area contributed by atoms with Crippen LogP contribution in [0.3, 0.4) is 0 Å². The van der Waals surface area contributed by atoms with Crippen LogP contribution in [0.5, 0.6) is 5.75 Å². The standard InChI is InChI=1S/C15H18O2P2S4/c1-3-17-13-6-10-15(11-7-13)19(21)22-18(20,23-19)14-8-4-12(16-2)5-9-14/h4-10,15H,3,11H2,1-2H3. The van der Waals surface area contributed by atoms with Crippen LogP contribution in [0.15, 0.2) is 48.3 Å². The van der Waals surface area contributed by atoms with Crippen LogP contribution < -0.4 is 10.0 Å². The summed E-state index contributed by atoms with van der Waals surface area (Å²) in [4.78, 5) is 0. The molecular formula is C15H18O2P2S4. The molecule has 1 saturated heterocycles. The molecule has 1 heterocycles. The van der Waals surface area contributed by atoms with Gasteiger partial charge in [-0.1, -0.05) is 51.7 Å². The van der Waals surface area contributed by atoms with Crippen LogP contribution in [-0.2, 0) is 28.4 Å². The quantitative estimate of drug-likeness (QED) is 0.568. The van der Waals surface area contributed by atoms with Gasteiger partial charge in [-0.05, 0) is 49.8 Å². The monoisotopic (exact) mass is 420 g/mol. The van der Waals surface area contributed by atoms with Crippen molar-refractivity contribution in [1.29, 1.82) is 0 Å². The van der Waals surface area contributed by atoms with Crippen LogP contribution in [0.25, 0.3) is 0 Å². The number of ether oxygens (including phenoxy) is 2. The van der Waals surface area contributed by atoms with E-state index in [1.807, 2.05) is 41.1 Å². The van der Waals surface area contributed by atoms with Crippen molar-refractivity contribution in [3.8, 4) is 5.75 Å². The summed E-state index contributed by atoms with van der Waals surface area (Å²) in [5, 5.41) is 1.24. The summed E-state index contributed by atoms with van der Waals surface area (Å²) in [6.07, 6.45) is 7.44. The van der Waals surface area contributed by atoms with Crippen LogP contribution >= 0.6 is 30.9 Å². The third-order valence-corrected chi connectivity index (χ3v) is 36.0. The lowest BCUT2D eigenvalue weighted by Gasteiger charge is -2.44. The number of methoxy groups -OCH3 is 1. The van der Waals surface area contributed by atoms with E-state index >= 15 is 0 Å². The van der Waals surface area contributed by atoms with Crippen molar-refractivity contribution in [3.05, 3.63) is 48.3 Å². The Hall–Kier alpha value is 0.300. The van der Waals surface area contributed by atoms with Gasteiger partial charge in [-0.15, -0.1) is 0 Å². The average Bonchev–Trinajstić information content (AvgIpc) is 2.54. The molecule has 2 nitrogen and oxygen atoms in total. The van der Waals surface area contributed by atoms with E-state index in [0.717, 1.165) is 17.9 Å². The Labute approximate surface area is 155 Å². The predicted molar refractivity (Wildman–Crippen MR) is 114 cm³/mol. The first-order valence-electron chi connectivity index (χ1n) is 7.27. The predicted octanol–water partition coefficient (Wildman–Crippen LogP) is 5.67. The minimum absolute atomic E-state index is 0.436. The average molecular weight is 421 g/mol. The lowest BCUT2D eigenvalue weighted by molar-refractivity contribution is 0.240. The zero-order valence-corrected chi connectivity index (χ0v) is 17.9. The lowest BCUT2D eigenvalue weighted by atomic mass is 10.2. The molecule has 1 unspecified atom stereocenters. The van der Waals surface area contributed by atoms with Gasteiger partial charge in [-0.25, -0.2) is 0 Å². The van der Waals surface area contributed by atoms with Crippen LogP contribution in [0.4, 0.5) is 0 Å². The van der Waals surface area contributed by atoms with Crippen molar-refractivity contribution in [2.24, 2.45) is 0 Å². The summed E-state index contributed by atoms with van der Waals surface area (Å²) in [6.45, 7) is 2.71. The molecule has 1 aliphatic carbocycles. The summed E-state index contributed by atoms with van der Waals surface area (Å²) in [5.41, 5.74) is 0.436. The van der Waals surface area contributed by atoms with Gasteiger partial charge < -0.3 is 9.47 Å². The Morgan fingerprint density at radius 2 is 1.91 bits per heavy atom. The van der Waals surface area contributed by atoms with Gasteiger partial charge in [0, 0.05) is 11.0 Å². The second-order valence-corrected chi connectivity index (χ2v) is 26.9. The highest BCUT2D eigenvalue weighted by molar-refractivity contribution is 9.47. The molecule has 8 heteroatoms. The number of allylic oxidation sites excluding steroid dienone is 3. The highest BCUT2D eigenvalue weighted by Gasteiger charge is 2.48. The van der Waals surface area contributed by atoms with E-state index in [4.69, 9.17) is 33.1 Å². The fourth-order valence-electron chi connectivity index (χ4n) is 2.38. The summed E-state index contributed by atoms with van der Waals surface area (Å²) in [5.74, 6) is 1.84. The number of rotatable bonds is 5. The minimum Gasteiger partial charge on any atom is -0.497 e. The van der Waals surface area contributed by atoms with Gasteiger partial charge in [0.1, 0.15) is 11.5 Å². The molecule has 3 rings (SSSR count). The summed E-state index contributed by atoms with van der Waals surface area (Å²) < 4.78 is 7.62. The number of hydrogen-bond acceptors (Lipinski definition) is 6. The summed E-state index contributed by atoms with van der Waals surface area (Å²) >= 11 is 15.8. The van der Waals surface area contributed by atoms with Gasteiger partial charge >= 0.3 is 0 Å². The molecule has 124 valence electrons. The Kier molecular flexibility index (Phi) is 5.72. The first kappa shape index (κ1) is 18.1. The Morgan fingerprint density at radius 3 is 2.43 bits per heavy atom. The molecule has 0 aromatic heterocycles. The maximum Gasteiger partial charge on any atom is 0.118 e. The maximum absolute atomic E-state index is 6.00. The van der Waals surface area contributed by atoms with Crippen molar-refractivity contribution < 1.29 is 9.47 Å². The second-order valence-electron chi connectivity index (χ2n) is 5.10. The van der Waals surface area contributed by atoms with Crippen molar-refractivity contribution in [1.82, 2.24) is 0 Å². The topological polar surface area (TPSA) is 18.5 Å². The van der Waals surface area contributed by atoms with E-state index in [-0.39, 0.29) is 0 Å². The summed E-state index contributed by atoms with van der Waals surface area (Å²) in [6, 6.07) is 8.18. The smallest absolute Gasteiger partial charge is 0.118 e. The third-order valence-electron chi connectivity index (χ3n) is 3.59. The molecule has 0 N–H and O–H groups in total. The largest absolute Gasteiger partial charge is 0.497 e. The number of hydrogen-bond donors (Lipinski definition) is 0. The van der Waals surface area contributed by atoms with Crippen LogP contribution in [-0.4, -0.2) is 19.4 Å². The maximum atomic E-state index is 6.00. The molecule has 0 saturated carbocycles. The molecule has 23 heavy (non-hydrogen) atoms. The summed E-state index contributed by atoms with van der Waals surface area (Å²) in [7, 11) is 1.68. The first-order chi connectivity index (χ1) is 11.0. The Bertz CT molecular complexity index is 728. The van der Waals surface area contributed by atoms with Gasteiger partial charge in [0.2, 0.25) is 0 Å². The zero-order chi connectivity index (χ0) is 16.5. The van der Waals surface area contributed by atoms with E-state index in [0.29, 0.717) is 12.3 Å². The molecule has 1 aromatic carbocycles. The van der Waals surface area contributed by atoms with Crippen LogP contribution in [0, 0.1) is 0 Å². The van der Waals surface area contributed by atoms with Gasteiger partial charge in [0.25, 0.3) is 0 Å². The van der Waals surface area contributed by atoms with Crippen molar-refractivity contribution in [3.63, 3.8) is 0 Å². The molecule has 1 aliphatic heterocycles. The molecule has 0 spiro atoms. The van der Waals surface area contributed by atoms with Crippen molar-refractivity contribution >= 4 is 59.8 Å². The minimum atomic E-state index is -1.62. The van der Waals surface area contributed by atoms with E-state index in [1.54, 1.807) is 7.11 Å². The highest BCUT2D eigenvalue weighted by atomic mass is 33.7. The molecular weight excluding hydrogens is 402 g/mol. The van der Waals surface area contributed by atoms with Crippen molar-refractivity contribution in [2.75, 3.05) is 13.7 Å². The van der Waals surface area contributed by atoms with Crippen molar-refractivity contribution in [2.45, 2.75) is 19.0 Å². The molecule has 2 aliphatic rings. The Balaban J connectivity index is 1.68. The Morgan fingerprint density at radius 1 is 1.22 bits per heavy atom. The van der Waals surface area contributed by atoms with Gasteiger partial charge in [0.15, 0.2) is 0 Å². The van der Waals surface area contributed by atoms with E-state index < -0.39 is 8.88 Å². The highest BCUT2D eigenvalue weighted by Crippen LogP contribution is 3.06. The fourth-order valence-corrected chi connectivity index (χ4v) is 46.8. The van der Waals surface area contributed by atoms with Gasteiger partial charge in [0.05, 0.1) is 22.6 Å². The van der Waals surface area contributed by atoms with Gasteiger partial charge in [-0.3, -0.25) is 0 Å². The SMILES string of the molecule is CCOC1=CCC(P2(=S)SP(=S)(c3ccc(OC)cc3)S2)C=C1. The molecule has 0 amide bonds. The molecule has 1 atom stereocenters. The van der Waals surface area contributed by atoms with Crippen LogP contribution in [0.1, 0.15) is 13.3 Å². The number of benzene rings is 1. The first-order valence-corrected chi connectivity index (χ1v) is 17.0. The molecule has 0 bridgehead atoms.